The quantitative estimate of drug-likeness (QED) is 0.692. The number of hydrogen-bond donors (Lipinski definition) is 3. The maximum atomic E-state index is 12.5. The van der Waals surface area contributed by atoms with E-state index in [4.69, 9.17) is 0 Å². The van der Waals surface area contributed by atoms with Gasteiger partial charge in [-0.3, -0.25) is 9.59 Å². The highest BCUT2D eigenvalue weighted by Gasteiger charge is 2.30. The van der Waals surface area contributed by atoms with Gasteiger partial charge in [0.25, 0.3) is 11.8 Å². The number of rotatable bonds is 7. The minimum Gasteiger partial charge on any atom is -0.349 e. The number of amides is 2. The third kappa shape index (κ3) is 6.99. The Hall–Kier alpha value is -2.09. The van der Waals surface area contributed by atoms with E-state index in [0.717, 1.165) is 17.0 Å². The smallest absolute Gasteiger partial charge is 0.349 e. The van der Waals surface area contributed by atoms with Crippen LogP contribution in [0.3, 0.4) is 0 Å². The molecule has 2 amide bonds. The van der Waals surface area contributed by atoms with Crippen LogP contribution in [-0.4, -0.2) is 37.5 Å². The van der Waals surface area contributed by atoms with Crippen molar-refractivity contribution in [2.24, 2.45) is 0 Å². The van der Waals surface area contributed by atoms with E-state index < -0.39 is 11.7 Å². The molecule has 8 heteroatoms. The highest BCUT2D eigenvalue weighted by atomic mass is 19.4. The number of hydrogen-bond acceptors (Lipinski definition) is 2. The number of anilines is 1. The summed E-state index contributed by atoms with van der Waals surface area (Å²) in [4.78, 5) is 24.5. The molecule has 0 heterocycles. The Morgan fingerprint density at radius 3 is 2.08 bits per heavy atom. The Balaban J connectivity index is 2.56. The number of quaternary nitrogens is 1. The average molecular weight is 346 g/mol. The lowest BCUT2D eigenvalue weighted by Gasteiger charge is -2.18. The van der Waals surface area contributed by atoms with Gasteiger partial charge in [-0.1, -0.05) is 0 Å². The van der Waals surface area contributed by atoms with Gasteiger partial charge in [-0.05, 0) is 45.0 Å². The van der Waals surface area contributed by atoms with Gasteiger partial charge in [0, 0.05) is 11.7 Å². The number of carbonyl (C=O) groups is 2. The van der Waals surface area contributed by atoms with E-state index in [-0.39, 0.29) is 36.6 Å². The Labute approximate surface area is 139 Å². The van der Waals surface area contributed by atoms with E-state index in [0.29, 0.717) is 6.54 Å². The monoisotopic (exact) mass is 346 g/mol. The van der Waals surface area contributed by atoms with Gasteiger partial charge in [0.1, 0.15) is 0 Å². The van der Waals surface area contributed by atoms with Crippen LogP contribution in [0.4, 0.5) is 18.9 Å². The predicted molar refractivity (Wildman–Crippen MR) is 84.6 cm³/mol. The molecule has 0 radical (unpaired) electrons. The second-order valence-corrected chi connectivity index (χ2v) is 5.80. The summed E-state index contributed by atoms with van der Waals surface area (Å²) in [5.41, 5.74) is -0.484. The first-order valence-corrected chi connectivity index (χ1v) is 7.71. The number of alkyl halides is 3. The Bertz CT molecular complexity index is 557. The van der Waals surface area contributed by atoms with Crippen LogP contribution < -0.4 is 15.5 Å². The molecule has 0 aliphatic rings. The highest BCUT2D eigenvalue weighted by Crippen LogP contribution is 2.29. The lowest BCUT2D eigenvalue weighted by Crippen LogP contribution is -3.14. The van der Waals surface area contributed by atoms with Gasteiger partial charge < -0.3 is 15.5 Å². The number of likely N-dealkylation sites (N-methyl/N-ethyl adjacent to an activating group) is 1. The summed E-state index contributed by atoms with van der Waals surface area (Å²) < 4.78 is 37.4. The largest absolute Gasteiger partial charge is 0.416 e. The molecule has 24 heavy (non-hydrogen) atoms. The molecule has 0 aliphatic carbocycles. The first-order chi connectivity index (χ1) is 11.1. The van der Waals surface area contributed by atoms with Gasteiger partial charge in [-0.25, -0.2) is 0 Å². The zero-order valence-electron chi connectivity index (χ0n) is 14.0. The lowest BCUT2D eigenvalue weighted by molar-refractivity contribution is -0.881. The molecular formula is C16H23F3N3O2+. The van der Waals surface area contributed by atoms with E-state index in [9.17, 15) is 22.8 Å². The minimum absolute atomic E-state index is 0.0246. The van der Waals surface area contributed by atoms with Gasteiger partial charge in [0.15, 0.2) is 13.1 Å². The molecule has 0 saturated carbocycles. The van der Waals surface area contributed by atoms with Crippen molar-refractivity contribution in [1.29, 1.82) is 0 Å². The zero-order chi connectivity index (χ0) is 18.3. The van der Waals surface area contributed by atoms with Crippen LogP contribution in [-0.2, 0) is 15.8 Å². The SMILES string of the molecule is CC[NH+](CC(=O)Nc1ccc(C(F)(F)F)cc1)CC(=O)NC(C)C. The Morgan fingerprint density at radius 2 is 1.62 bits per heavy atom. The maximum absolute atomic E-state index is 12.5. The van der Waals surface area contributed by atoms with Crippen molar-refractivity contribution < 1.29 is 27.7 Å². The van der Waals surface area contributed by atoms with E-state index in [1.165, 1.54) is 12.1 Å². The van der Waals surface area contributed by atoms with Gasteiger partial charge in [-0.2, -0.15) is 13.2 Å². The van der Waals surface area contributed by atoms with Crippen molar-refractivity contribution in [2.75, 3.05) is 25.0 Å². The summed E-state index contributed by atoms with van der Waals surface area (Å²) in [5.74, 6) is -0.506. The first-order valence-electron chi connectivity index (χ1n) is 7.71. The normalized spacial score (nSPS) is 12.8. The molecule has 0 saturated heterocycles. The Morgan fingerprint density at radius 1 is 1.08 bits per heavy atom. The molecule has 1 aromatic carbocycles. The number of nitrogens with one attached hydrogen (secondary N) is 3. The molecule has 134 valence electrons. The number of benzene rings is 1. The molecular weight excluding hydrogens is 323 g/mol. The van der Waals surface area contributed by atoms with Gasteiger partial charge in [-0.15, -0.1) is 0 Å². The third-order valence-corrected chi connectivity index (χ3v) is 3.27. The van der Waals surface area contributed by atoms with Crippen molar-refractivity contribution in [3.05, 3.63) is 29.8 Å². The van der Waals surface area contributed by atoms with Crippen molar-refractivity contribution in [3.8, 4) is 0 Å². The molecule has 1 rings (SSSR count). The van der Waals surface area contributed by atoms with E-state index in [1.807, 2.05) is 20.8 Å². The predicted octanol–water partition coefficient (Wildman–Crippen LogP) is 1.07. The van der Waals surface area contributed by atoms with Crippen LogP contribution >= 0.6 is 0 Å². The summed E-state index contributed by atoms with van der Waals surface area (Å²) >= 11 is 0. The molecule has 0 spiro atoms. The number of halogens is 3. The van der Waals surface area contributed by atoms with E-state index in [2.05, 4.69) is 10.6 Å². The molecule has 0 aromatic heterocycles. The average Bonchev–Trinajstić information content (AvgIpc) is 2.45. The van der Waals surface area contributed by atoms with Crippen LogP contribution in [0, 0.1) is 0 Å². The molecule has 1 atom stereocenters. The second-order valence-electron chi connectivity index (χ2n) is 5.80. The fourth-order valence-electron chi connectivity index (χ4n) is 2.09. The summed E-state index contributed by atoms with van der Waals surface area (Å²) in [6.07, 6.45) is -4.41. The number of carbonyl (C=O) groups excluding carboxylic acids is 2. The highest BCUT2D eigenvalue weighted by molar-refractivity contribution is 5.91. The van der Waals surface area contributed by atoms with Crippen LogP contribution in [0.15, 0.2) is 24.3 Å². The minimum atomic E-state index is -4.41. The van der Waals surface area contributed by atoms with Crippen LogP contribution in [0.2, 0.25) is 0 Å². The lowest BCUT2D eigenvalue weighted by atomic mass is 10.2. The van der Waals surface area contributed by atoms with Crippen molar-refractivity contribution in [1.82, 2.24) is 5.32 Å². The van der Waals surface area contributed by atoms with Gasteiger partial charge in [0.2, 0.25) is 0 Å². The summed E-state index contributed by atoms with van der Waals surface area (Å²) in [6, 6.07) is 4.26. The van der Waals surface area contributed by atoms with Crippen molar-refractivity contribution in [2.45, 2.75) is 33.0 Å². The molecule has 0 bridgehead atoms. The third-order valence-electron chi connectivity index (χ3n) is 3.27. The molecule has 0 fully saturated rings. The summed E-state index contributed by atoms with van der Waals surface area (Å²) in [6.45, 7) is 6.34. The molecule has 5 nitrogen and oxygen atoms in total. The summed E-state index contributed by atoms with van der Waals surface area (Å²) in [7, 11) is 0. The van der Waals surface area contributed by atoms with Crippen LogP contribution in [0.1, 0.15) is 26.3 Å². The van der Waals surface area contributed by atoms with E-state index in [1.54, 1.807) is 0 Å². The van der Waals surface area contributed by atoms with Crippen molar-refractivity contribution in [3.63, 3.8) is 0 Å². The van der Waals surface area contributed by atoms with Crippen molar-refractivity contribution >= 4 is 17.5 Å². The maximum Gasteiger partial charge on any atom is 0.416 e. The van der Waals surface area contributed by atoms with Gasteiger partial charge >= 0.3 is 6.18 Å². The topological polar surface area (TPSA) is 62.6 Å². The van der Waals surface area contributed by atoms with Crippen LogP contribution in [0.5, 0.6) is 0 Å². The fraction of sp³-hybridized carbons (Fsp3) is 0.500. The molecule has 1 unspecified atom stereocenters. The molecule has 0 aliphatic heterocycles. The van der Waals surface area contributed by atoms with Crippen LogP contribution in [0.25, 0.3) is 0 Å². The first kappa shape index (κ1) is 20.0. The molecule has 1 aromatic rings. The second kappa shape index (κ2) is 8.68. The zero-order valence-corrected chi connectivity index (χ0v) is 14.0. The van der Waals surface area contributed by atoms with Gasteiger partial charge in [0.05, 0.1) is 12.1 Å². The Kier molecular flexibility index (Phi) is 7.21. The van der Waals surface area contributed by atoms with E-state index >= 15 is 0 Å². The summed E-state index contributed by atoms with van der Waals surface area (Å²) in [5, 5.41) is 5.29. The fourth-order valence-corrected chi connectivity index (χ4v) is 2.09. The molecule has 3 N–H and O–H groups in total. The standard InChI is InChI=1S/C16H22F3N3O2/c1-4-22(9-14(23)20-11(2)3)10-15(24)21-13-7-5-12(6-8-13)16(17,18)19/h5-8,11H,4,9-10H2,1-3H3,(H,20,23)(H,21,24)/p+1.